The van der Waals surface area contributed by atoms with Gasteiger partial charge in [-0.2, -0.15) is 0 Å². The van der Waals surface area contributed by atoms with Crippen molar-refractivity contribution in [2.45, 2.75) is 12.5 Å². The number of nitrogens with one attached hydrogen (secondary N) is 1. The largest absolute Gasteiger partial charge is 0.459 e. The second kappa shape index (κ2) is 6.29. The number of carbonyl (C=O) groups excluding carboxylic acids is 1. The van der Waals surface area contributed by atoms with Crippen LogP contribution in [0.5, 0.6) is 0 Å². The normalized spacial score (nSPS) is 12.2. The van der Waals surface area contributed by atoms with Crippen molar-refractivity contribution in [3.63, 3.8) is 0 Å². The van der Waals surface area contributed by atoms with Crippen molar-refractivity contribution in [1.82, 2.24) is 5.32 Å². The fraction of sp³-hybridized carbons (Fsp3) is 0.214. The molecule has 20 heavy (non-hydrogen) atoms. The zero-order valence-corrected chi connectivity index (χ0v) is 10.5. The van der Waals surface area contributed by atoms with Crippen LogP contribution in [0.15, 0.2) is 41.0 Å². The summed E-state index contributed by atoms with van der Waals surface area (Å²) in [5.41, 5.74) is 0.186. The molecule has 1 aromatic heterocycles. The molecule has 1 unspecified atom stereocenters. The number of furan rings is 1. The molecule has 1 aromatic carbocycles. The lowest BCUT2D eigenvalue weighted by atomic mass is 10.1. The van der Waals surface area contributed by atoms with Gasteiger partial charge in [-0.15, -0.1) is 0 Å². The zero-order chi connectivity index (χ0) is 14.5. The number of carbonyl (C=O) groups is 1. The van der Waals surface area contributed by atoms with Crippen LogP contribution in [0.25, 0.3) is 0 Å². The van der Waals surface area contributed by atoms with E-state index < -0.39 is 23.6 Å². The summed E-state index contributed by atoms with van der Waals surface area (Å²) in [6.07, 6.45) is 0.359. The van der Waals surface area contributed by atoms with Gasteiger partial charge >= 0.3 is 0 Å². The molecule has 1 amide bonds. The number of aliphatic hydroxyl groups excluding tert-OH is 1. The maximum Gasteiger partial charge on any atom is 0.287 e. The Kier molecular flexibility index (Phi) is 4.47. The van der Waals surface area contributed by atoms with E-state index in [4.69, 9.17) is 4.42 Å². The molecule has 0 aliphatic heterocycles. The van der Waals surface area contributed by atoms with Gasteiger partial charge in [0.05, 0.1) is 12.4 Å². The molecule has 2 N–H and O–H groups in total. The van der Waals surface area contributed by atoms with E-state index in [2.05, 4.69) is 5.32 Å². The van der Waals surface area contributed by atoms with E-state index in [0.717, 1.165) is 12.1 Å². The molecule has 6 heteroatoms. The predicted molar refractivity (Wildman–Crippen MR) is 67.1 cm³/mol. The van der Waals surface area contributed by atoms with Crippen molar-refractivity contribution in [2.24, 2.45) is 0 Å². The lowest BCUT2D eigenvalue weighted by Crippen LogP contribution is -2.33. The highest BCUT2D eigenvalue weighted by Crippen LogP contribution is 2.11. The molecule has 0 aliphatic carbocycles. The number of hydrogen-bond acceptors (Lipinski definition) is 3. The summed E-state index contributed by atoms with van der Waals surface area (Å²) in [5, 5.41) is 12.2. The van der Waals surface area contributed by atoms with Crippen molar-refractivity contribution in [3.05, 3.63) is 59.6 Å². The molecule has 0 bridgehead atoms. The van der Waals surface area contributed by atoms with Crippen molar-refractivity contribution in [1.29, 1.82) is 0 Å². The van der Waals surface area contributed by atoms with Crippen molar-refractivity contribution < 1.29 is 23.1 Å². The summed E-state index contributed by atoms with van der Waals surface area (Å²) in [7, 11) is 0. The molecular formula is C14H13F2NO3. The van der Waals surface area contributed by atoms with Gasteiger partial charge in [-0.25, -0.2) is 8.78 Å². The highest BCUT2D eigenvalue weighted by molar-refractivity contribution is 5.91. The first-order valence-corrected chi connectivity index (χ1v) is 6.00. The lowest BCUT2D eigenvalue weighted by molar-refractivity contribution is 0.0888. The number of amides is 1. The third-order valence-electron chi connectivity index (χ3n) is 2.71. The Balaban J connectivity index is 1.86. The van der Waals surface area contributed by atoms with Crippen LogP contribution in [-0.2, 0) is 6.42 Å². The SMILES string of the molecule is O=C(NCC(O)Cc1ccc(F)cc1F)c1ccco1. The number of benzene rings is 1. The van der Waals surface area contributed by atoms with Crippen LogP contribution < -0.4 is 5.32 Å². The second-order valence-corrected chi connectivity index (χ2v) is 4.28. The molecule has 0 saturated carbocycles. The average molecular weight is 281 g/mol. The topological polar surface area (TPSA) is 62.5 Å². The molecule has 2 rings (SSSR count). The van der Waals surface area contributed by atoms with Gasteiger partial charge in [0.25, 0.3) is 5.91 Å². The van der Waals surface area contributed by atoms with Gasteiger partial charge in [-0.05, 0) is 23.8 Å². The molecule has 0 saturated heterocycles. The smallest absolute Gasteiger partial charge is 0.287 e. The first-order valence-electron chi connectivity index (χ1n) is 6.00. The minimum Gasteiger partial charge on any atom is -0.459 e. The number of halogens is 2. The van der Waals surface area contributed by atoms with E-state index >= 15 is 0 Å². The minimum atomic E-state index is -0.978. The predicted octanol–water partition coefficient (Wildman–Crippen LogP) is 1.89. The van der Waals surface area contributed by atoms with Gasteiger partial charge in [0.2, 0.25) is 0 Å². The van der Waals surface area contributed by atoms with Crippen LogP contribution >= 0.6 is 0 Å². The molecular weight excluding hydrogens is 268 g/mol. The molecule has 0 fully saturated rings. The maximum absolute atomic E-state index is 13.4. The summed E-state index contributed by atoms with van der Waals surface area (Å²) >= 11 is 0. The Morgan fingerprint density at radius 1 is 1.35 bits per heavy atom. The summed E-state index contributed by atoms with van der Waals surface area (Å²) in [6, 6.07) is 6.19. The first kappa shape index (κ1) is 14.2. The van der Waals surface area contributed by atoms with E-state index in [1.807, 2.05) is 0 Å². The molecule has 4 nitrogen and oxygen atoms in total. The van der Waals surface area contributed by atoms with E-state index in [1.54, 1.807) is 6.07 Å². The van der Waals surface area contributed by atoms with Gasteiger partial charge in [0, 0.05) is 19.0 Å². The van der Waals surface area contributed by atoms with Gasteiger partial charge in [-0.1, -0.05) is 6.07 Å². The Morgan fingerprint density at radius 3 is 2.80 bits per heavy atom. The Bertz CT molecular complexity index is 584. The first-order chi connectivity index (χ1) is 9.56. The number of hydrogen-bond donors (Lipinski definition) is 2. The Labute approximate surface area is 114 Å². The van der Waals surface area contributed by atoms with Crippen LogP contribution in [-0.4, -0.2) is 23.7 Å². The monoisotopic (exact) mass is 281 g/mol. The second-order valence-electron chi connectivity index (χ2n) is 4.28. The van der Waals surface area contributed by atoms with Crippen molar-refractivity contribution in [3.8, 4) is 0 Å². The third kappa shape index (κ3) is 3.64. The highest BCUT2D eigenvalue weighted by atomic mass is 19.1. The Hall–Kier alpha value is -2.21. The van der Waals surface area contributed by atoms with E-state index in [9.17, 15) is 18.7 Å². The molecule has 1 heterocycles. The zero-order valence-electron chi connectivity index (χ0n) is 10.5. The number of aliphatic hydroxyl groups is 1. The van der Waals surface area contributed by atoms with Crippen LogP contribution in [0.2, 0.25) is 0 Å². The van der Waals surface area contributed by atoms with E-state index in [0.29, 0.717) is 0 Å². The lowest BCUT2D eigenvalue weighted by Gasteiger charge is -2.12. The highest BCUT2D eigenvalue weighted by Gasteiger charge is 2.13. The van der Waals surface area contributed by atoms with Gasteiger partial charge in [0.1, 0.15) is 11.6 Å². The van der Waals surface area contributed by atoms with Crippen LogP contribution in [0.3, 0.4) is 0 Å². The van der Waals surface area contributed by atoms with E-state index in [-0.39, 0.29) is 24.3 Å². The molecule has 0 radical (unpaired) electrons. The summed E-state index contributed by atoms with van der Waals surface area (Å²) in [4.78, 5) is 11.5. The average Bonchev–Trinajstić information content (AvgIpc) is 2.93. The fourth-order valence-corrected chi connectivity index (χ4v) is 1.72. The van der Waals surface area contributed by atoms with Gasteiger partial charge < -0.3 is 14.8 Å². The number of rotatable bonds is 5. The van der Waals surface area contributed by atoms with Crippen LogP contribution in [0, 0.1) is 11.6 Å². The maximum atomic E-state index is 13.4. The van der Waals surface area contributed by atoms with Crippen LogP contribution in [0.1, 0.15) is 16.1 Å². The minimum absolute atomic E-state index is 0.0233. The van der Waals surface area contributed by atoms with E-state index in [1.165, 1.54) is 18.4 Å². The summed E-state index contributed by atoms with van der Waals surface area (Å²) in [5.74, 6) is -1.73. The van der Waals surface area contributed by atoms with Gasteiger partial charge in [0.15, 0.2) is 5.76 Å². The van der Waals surface area contributed by atoms with Crippen molar-refractivity contribution in [2.75, 3.05) is 6.54 Å². The van der Waals surface area contributed by atoms with Gasteiger partial charge in [-0.3, -0.25) is 4.79 Å². The Morgan fingerprint density at radius 2 is 2.15 bits per heavy atom. The van der Waals surface area contributed by atoms with Crippen molar-refractivity contribution >= 4 is 5.91 Å². The quantitative estimate of drug-likeness (QED) is 0.879. The van der Waals surface area contributed by atoms with Crippen LogP contribution in [0.4, 0.5) is 8.78 Å². The molecule has 0 aliphatic rings. The third-order valence-corrected chi connectivity index (χ3v) is 2.71. The fourth-order valence-electron chi connectivity index (χ4n) is 1.72. The summed E-state index contributed by atoms with van der Waals surface area (Å²) in [6.45, 7) is -0.0592. The summed E-state index contributed by atoms with van der Waals surface area (Å²) < 4.78 is 31.0. The molecule has 2 aromatic rings. The standard InChI is InChI=1S/C14H13F2NO3/c15-10-4-3-9(12(16)7-10)6-11(18)8-17-14(19)13-2-1-5-20-13/h1-5,7,11,18H,6,8H2,(H,17,19). The molecule has 1 atom stereocenters. The molecule has 106 valence electrons. The molecule has 0 spiro atoms.